The van der Waals surface area contributed by atoms with E-state index in [9.17, 15) is 4.79 Å². The summed E-state index contributed by atoms with van der Waals surface area (Å²) < 4.78 is 5.39. The van der Waals surface area contributed by atoms with Gasteiger partial charge in [-0.15, -0.1) is 0 Å². The number of urea groups is 1. The van der Waals surface area contributed by atoms with Gasteiger partial charge in [0.1, 0.15) is 0 Å². The largest absolute Gasteiger partial charge is 0.381 e. The summed E-state index contributed by atoms with van der Waals surface area (Å²) in [6.45, 7) is 3.54. The molecule has 132 valence electrons. The Labute approximate surface area is 149 Å². The van der Waals surface area contributed by atoms with Crippen LogP contribution in [0, 0.1) is 6.92 Å². The molecule has 2 aromatic rings. The molecule has 1 aliphatic heterocycles. The first kappa shape index (κ1) is 17.5. The van der Waals surface area contributed by atoms with Crippen LogP contribution in [0.2, 0.25) is 0 Å². The lowest BCUT2D eigenvalue weighted by Crippen LogP contribution is -2.46. The maximum Gasteiger partial charge on any atom is 0.318 e. The Hall–Kier alpha value is -2.33. The molecule has 0 aromatic heterocycles. The third-order valence-corrected chi connectivity index (χ3v) is 4.87. The van der Waals surface area contributed by atoms with Gasteiger partial charge in [0.15, 0.2) is 0 Å². The first-order valence-corrected chi connectivity index (χ1v) is 8.87. The molecule has 0 radical (unpaired) electrons. The highest BCUT2D eigenvalue weighted by Gasteiger charge is 2.25. The number of nitrogens with zero attached hydrogens (tertiary/aromatic N) is 1. The second-order valence-corrected chi connectivity index (χ2v) is 6.63. The van der Waals surface area contributed by atoms with Crippen LogP contribution in [0.5, 0.6) is 0 Å². The monoisotopic (exact) mass is 338 g/mol. The average Bonchev–Trinajstić information content (AvgIpc) is 2.67. The van der Waals surface area contributed by atoms with Gasteiger partial charge in [0.25, 0.3) is 0 Å². The van der Waals surface area contributed by atoms with Crippen LogP contribution >= 0.6 is 0 Å². The Bertz CT molecular complexity index is 677. The third-order valence-electron chi connectivity index (χ3n) is 4.87. The van der Waals surface area contributed by atoms with Crippen molar-refractivity contribution in [3.63, 3.8) is 0 Å². The number of methoxy groups -OCH3 is 1. The first-order valence-electron chi connectivity index (χ1n) is 8.87. The van der Waals surface area contributed by atoms with E-state index < -0.39 is 0 Å². The summed E-state index contributed by atoms with van der Waals surface area (Å²) in [6.07, 6.45) is 2.06. The minimum Gasteiger partial charge on any atom is -0.381 e. The van der Waals surface area contributed by atoms with Crippen LogP contribution < -0.4 is 5.32 Å². The molecule has 0 bridgehead atoms. The molecular formula is C21H26N2O2. The summed E-state index contributed by atoms with van der Waals surface area (Å²) in [4.78, 5) is 14.7. The molecule has 0 spiro atoms. The number of carbonyl (C=O) groups excluding carboxylic acids is 1. The zero-order valence-electron chi connectivity index (χ0n) is 14.9. The van der Waals surface area contributed by atoms with E-state index in [-0.39, 0.29) is 18.2 Å². The zero-order valence-corrected chi connectivity index (χ0v) is 14.9. The minimum atomic E-state index is -0.144. The van der Waals surface area contributed by atoms with Crippen LogP contribution in [0.4, 0.5) is 4.79 Å². The van der Waals surface area contributed by atoms with E-state index in [1.807, 2.05) is 23.1 Å². The molecule has 1 saturated heterocycles. The molecule has 1 fully saturated rings. The van der Waals surface area contributed by atoms with E-state index in [4.69, 9.17) is 4.74 Å². The van der Waals surface area contributed by atoms with E-state index in [0.717, 1.165) is 37.1 Å². The lowest BCUT2D eigenvalue weighted by atomic mass is 9.98. The summed E-state index contributed by atoms with van der Waals surface area (Å²) in [7, 11) is 1.74. The quantitative estimate of drug-likeness (QED) is 0.918. The number of rotatable bonds is 4. The Morgan fingerprint density at radius 2 is 1.64 bits per heavy atom. The lowest BCUT2D eigenvalue weighted by Gasteiger charge is -2.33. The third kappa shape index (κ3) is 4.40. The number of aryl methyl sites for hydroxylation is 1. The summed E-state index contributed by atoms with van der Waals surface area (Å²) in [6, 6.07) is 18.3. The van der Waals surface area contributed by atoms with Crippen LogP contribution in [0.1, 0.15) is 35.6 Å². The summed E-state index contributed by atoms with van der Waals surface area (Å²) in [5, 5.41) is 3.22. The number of ether oxygens (including phenoxy) is 1. The molecule has 2 aromatic carbocycles. The van der Waals surface area contributed by atoms with Gasteiger partial charge < -0.3 is 15.0 Å². The second-order valence-electron chi connectivity index (χ2n) is 6.63. The van der Waals surface area contributed by atoms with Crippen molar-refractivity contribution in [3.8, 4) is 0 Å². The molecule has 4 heteroatoms. The Kier molecular flexibility index (Phi) is 5.71. The first-order chi connectivity index (χ1) is 12.2. The van der Waals surface area contributed by atoms with Gasteiger partial charge in [-0.25, -0.2) is 4.79 Å². The number of likely N-dealkylation sites (tertiary alicyclic amines) is 1. The smallest absolute Gasteiger partial charge is 0.318 e. The number of amides is 2. The molecule has 2 amide bonds. The van der Waals surface area contributed by atoms with Gasteiger partial charge in [-0.2, -0.15) is 0 Å². The zero-order chi connectivity index (χ0) is 17.6. The fourth-order valence-corrected chi connectivity index (χ4v) is 3.27. The molecule has 0 aliphatic carbocycles. The van der Waals surface area contributed by atoms with Crippen LogP contribution in [0.25, 0.3) is 0 Å². The molecule has 1 aliphatic rings. The highest BCUT2D eigenvalue weighted by atomic mass is 16.5. The predicted octanol–water partition coefficient (Wildman–Crippen LogP) is 3.90. The van der Waals surface area contributed by atoms with Gasteiger partial charge in [0.05, 0.1) is 12.1 Å². The normalized spacial score (nSPS) is 16.5. The van der Waals surface area contributed by atoms with E-state index in [2.05, 4.69) is 48.6 Å². The number of hydrogen-bond donors (Lipinski definition) is 1. The maximum atomic E-state index is 12.8. The average molecular weight is 338 g/mol. The Morgan fingerprint density at radius 3 is 2.24 bits per heavy atom. The van der Waals surface area contributed by atoms with E-state index in [1.165, 1.54) is 5.56 Å². The molecule has 1 heterocycles. The van der Waals surface area contributed by atoms with Crippen molar-refractivity contribution in [1.29, 1.82) is 0 Å². The van der Waals surface area contributed by atoms with Crippen molar-refractivity contribution in [2.75, 3.05) is 20.2 Å². The van der Waals surface area contributed by atoms with E-state index in [1.54, 1.807) is 7.11 Å². The lowest BCUT2D eigenvalue weighted by molar-refractivity contribution is 0.0501. The Balaban J connectivity index is 1.76. The topological polar surface area (TPSA) is 41.6 Å². The van der Waals surface area contributed by atoms with Crippen molar-refractivity contribution in [2.45, 2.75) is 31.9 Å². The standard InChI is InChI=1S/C21H26N2O2/c1-16-8-10-18(11-9-16)20(17-6-4-3-5-7-17)22-21(24)23-14-12-19(25-2)13-15-23/h3-11,19-20H,12-15H2,1-2H3,(H,22,24)/t20-/m1/s1. The molecule has 25 heavy (non-hydrogen) atoms. The van der Waals surface area contributed by atoms with Crippen LogP contribution in [-0.2, 0) is 4.74 Å². The van der Waals surface area contributed by atoms with Crippen molar-refractivity contribution >= 4 is 6.03 Å². The second kappa shape index (κ2) is 8.17. The maximum absolute atomic E-state index is 12.8. The molecule has 0 saturated carbocycles. The summed E-state index contributed by atoms with van der Waals surface area (Å²) in [5.41, 5.74) is 3.40. The van der Waals surface area contributed by atoms with Crippen molar-refractivity contribution in [2.24, 2.45) is 0 Å². The highest BCUT2D eigenvalue weighted by molar-refractivity contribution is 5.75. The molecule has 3 rings (SSSR count). The number of benzene rings is 2. The number of hydrogen-bond acceptors (Lipinski definition) is 2. The van der Waals surface area contributed by atoms with Crippen molar-refractivity contribution < 1.29 is 9.53 Å². The van der Waals surface area contributed by atoms with Gasteiger partial charge in [0, 0.05) is 20.2 Å². The van der Waals surface area contributed by atoms with Gasteiger partial charge in [-0.1, -0.05) is 60.2 Å². The van der Waals surface area contributed by atoms with Crippen LogP contribution in [-0.4, -0.2) is 37.2 Å². The van der Waals surface area contributed by atoms with Gasteiger partial charge >= 0.3 is 6.03 Å². The van der Waals surface area contributed by atoms with E-state index >= 15 is 0 Å². The molecular weight excluding hydrogens is 312 g/mol. The Morgan fingerprint density at radius 1 is 1.04 bits per heavy atom. The fraction of sp³-hybridized carbons (Fsp3) is 0.381. The van der Waals surface area contributed by atoms with Crippen molar-refractivity contribution in [1.82, 2.24) is 10.2 Å². The van der Waals surface area contributed by atoms with E-state index in [0.29, 0.717) is 0 Å². The van der Waals surface area contributed by atoms with Crippen LogP contribution in [0.15, 0.2) is 54.6 Å². The fourth-order valence-electron chi connectivity index (χ4n) is 3.27. The van der Waals surface area contributed by atoms with Crippen molar-refractivity contribution in [3.05, 3.63) is 71.3 Å². The number of piperidine rings is 1. The molecule has 1 N–H and O–H groups in total. The molecule has 0 unspecified atom stereocenters. The van der Waals surface area contributed by atoms with Gasteiger partial charge in [-0.05, 0) is 30.9 Å². The minimum absolute atomic E-state index is 0.0102. The number of carbonyl (C=O) groups is 1. The SMILES string of the molecule is COC1CCN(C(=O)N[C@H](c2ccccc2)c2ccc(C)cc2)CC1. The van der Waals surface area contributed by atoms with Crippen LogP contribution in [0.3, 0.4) is 0 Å². The number of nitrogens with one attached hydrogen (secondary N) is 1. The summed E-state index contributed by atoms with van der Waals surface area (Å²) >= 11 is 0. The van der Waals surface area contributed by atoms with Gasteiger partial charge in [0.2, 0.25) is 0 Å². The molecule has 4 nitrogen and oxygen atoms in total. The molecule has 1 atom stereocenters. The summed E-state index contributed by atoms with van der Waals surface area (Å²) in [5.74, 6) is 0. The highest BCUT2D eigenvalue weighted by Crippen LogP contribution is 2.23. The van der Waals surface area contributed by atoms with Gasteiger partial charge in [-0.3, -0.25) is 0 Å². The predicted molar refractivity (Wildman–Crippen MR) is 99.6 cm³/mol.